The molecule has 0 saturated carbocycles. The topological polar surface area (TPSA) is 30.2 Å². The first-order chi connectivity index (χ1) is 7.27. The molecule has 0 aliphatic carbocycles. The zero-order chi connectivity index (χ0) is 10.7. The molecule has 3 nitrogen and oxygen atoms in total. The van der Waals surface area contributed by atoms with Gasteiger partial charge in [0.05, 0.1) is 6.54 Å². The maximum atomic E-state index is 4.55. The van der Waals surface area contributed by atoms with Gasteiger partial charge >= 0.3 is 0 Å². The molecule has 15 heavy (non-hydrogen) atoms. The van der Waals surface area contributed by atoms with Crippen LogP contribution in [0.2, 0.25) is 0 Å². The van der Waals surface area contributed by atoms with Gasteiger partial charge in [-0.05, 0) is 24.6 Å². The fourth-order valence-corrected chi connectivity index (χ4v) is 2.11. The van der Waals surface area contributed by atoms with E-state index in [9.17, 15) is 0 Å². The first-order valence-corrected chi connectivity index (χ1v) is 5.66. The number of aryl methyl sites for hydroxylation is 1. The highest BCUT2D eigenvalue weighted by molar-refractivity contribution is 7.07. The zero-order valence-corrected chi connectivity index (χ0v) is 9.66. The summed E-state index contributed by atoms with van der Waals surface area (Å²) in [6, 6.07) is 3.98. The minimum atomic E-state index is 0.719. The molecule has 0 atom stereocenters. The molecule has 2 heterocycles. The second kappa shape index (κ2) is 4.40. The van der Waals surface area contributed by atoms with Crippen LogP contribution in [0.5, 0.6) is 0 Å². The average molecular weight is 219 g/mol. The van der Waals surface area contributed by atoms with Crippen molar-refractivity contribution in [2.45, 2.75) is 13.5 Å². The Labute approximate surface area is 92.8 Å². The lowest BCUT2D eigenvalue weighted by atomic mass is 10.3. The van der Waals surface area contributed by atoms with Gasteiger partial charge < -0.3 is 4.57 Å². The van der Waals surface area contributed by atoms with E-state index in [0.29, 0.717) is 0 Å². The van der Waals surface area contributed by atoms with Crippen molar-refractivity contribution in [2.24, 2.45) is 12.0 Å². The fourth-order valence-electron chi connectivity index (χ4n) is 1.24. The molecule has 0 N–H and O–H groups in total. The van der Waals surface area contributed by atoms with Gasteiger partial charge in [0.2, 0.25) is 0 Å². The Bertz CT molecular complexity index is 496. The molecule has 0 saturated heterocycles. The van der Waals surface area contributed by atoms with Crippen LogP contribution >= 0.6 is 11.3 Å². The summed E-state index contributed by atoms with van der Waals surface area (Å²) < 4.78 is 2.10. The third kappa shape index (κ3) is 2.33. The zero-order valence-electron chi connectivity index (χ0n) is 8.84. The van der Waals surface area contributed by atoms with E-state index in [4.69, 9.17) is 0 Å². The molecule has 2 aromatic rings. The van der Waals surface area contributed by atoms with E-state index in [1.807, 2.05) is 19.2 Å². The molecule has 0 spiro atoms. The van der Waals surface area contributed by atoms with Crippen molar-refractivity contribution >= 4 is 11.3 Å². The van der Waals surface area contributed by atoms with E-state index in [-0.39, 0.29) is 0 Å². The summed E-state index contributed by atoms with van der Waals surface area (Å²) in [5, 5.41) is 2.12. The summed E-state index contributed by atoms with van der Waals surface area (Å²) in [4.78, 5) is 9.59. The minimum absolute atomic E-state index is 0.719. The van der Waals surface area contributed by atoms with Crippen molar-refractivity contribution in [3.63, 3.8) is 0 Å². The minimum Gasteiger partial charge on any atom is -0.324 e. The van der Waals surface area contributed by atoms with Crippen molar-refractivity contribution in [3.05, 3.63) is 46.0 Å². The van der Waals surface area contributed by atoms with E-state index in [2.05, 4.69) is 26.8 Å². The molecule has 2 rings (SSSR count). The van der Waals surface area contributed by atoms with Gasteiger partial charge in [0.1, 0.15) is 0 Å². The molecule has 78 valence electrons. The molecular weight excluding hydrogens is 206 g/mol. The van der Waals surface area contributed by atoms with Gasteiger partial charge in [-0.25, -0.2) is 0 Å². The van der Waals surface area contributed by atoms with Crippen molar-refractivity contribution in [3.8, 4) is 0 Å². The molecule has 0 amide bonds. The molecule has 0 aliphatic rings. The van der Waals surface area contributed by atoms with Gasteiger partial charge in [-0.15, -0.1) is 11.3 Å². The monoisotopic (exact) mass is 219 g/mol. The summed E-state index contributed by atoms with van der Waals surface area (Å²) in [5.74, 6) is 0. The van der Waals surface area contributed by atoms with Crippen molar-refractivity contribution in [2.75, 3.05) is 0 Å². The number of hydrogen-bond donors (Lipinski definition) is 0. The van der Waals surface area contributed by atoms with Crippen LogP contribution in [0.4, 0.5) is 0 Å². The Hall–Kier alpha value is -1.42. The number of nitrogens with zero attached hydrogens (tertiary/aromatic N) is 3. The Kier molecular flexibility index (Phi) is 2.97. The van der Waals surface area contributed by atoms with E-state index >= 15 is 0 Å². The summed E-state index contributed by atoms with van der Waals surface area (Å²) in [5.41, 5.74) is 2.43. The quantitative estimate of drug-likeness (QED) is 0.758. The third-order valence-corrected chi connectivity index (χ3v) is 3.37. The number of aromatic nitrogens is 2. The smallest absolute Gasteiger partial charge is 0.184 e. The molecule has 0 bridgehead atoms. The highest BCUT2D eigenvalue weighted by Crippen LogP contribution is 2.00. The van der Waals surface area contributed by atoms with Crippen LogP contribution in [0, 0.1) is 6.92 Å². The maximum absolute atomic E-state index is 4.55. The van der Waals surface area contributed by atoms with E-state index in [0.717, 1.165) is 11.3 Å². The van der Waals surface area contributed by atoms with Gasteiger partial charge in [0.15, 0.2) is 4.80 Å². The summed E-state index contributed by atoms with van der Waals surface area (Å²) in [6.07, 6.45) is 3.59. The Morgan fingerprint density at radius 2 is 2.13 bits per heavy atom. The standard InChI is InChI=1S/C11H13N3S/c1-9-8-15-11(14(9)2)13-7-10-3-5-12-6-4-10/h3-6,8H,7H2,1-2H3. The van der Waals surface area contributed by atoms with Crippen LogP contribution in [0.25, 0.3) is 0 Å². The van der Waals surface area contributed by atoms with Crippen LogP contribution in [-0.2, 0) is 13.6 Å². The molecule has 2 aromatic heterocycles. The van der Waals surface area contributed by atoms with Gasteiger partial charge in [-0.1, -0.05) is 0 Å². The molecule has 0 unspecified atom stereocenters. The first-order valence-electron chi connectivity index (χ1n) is 4.78. The largest absolute Gasteiger partial charge is 0.324 e. The van der Waals surface area contributed by atoms with E-state index in [1.165, 1.54) is 11.3 Å². The Morgan fingerprint density at radius 3 is 2.73 bits per heavy atom. The Morgan fingerprint density at radius 1 is 1.40 bits per heavy atom. The second-order valence-corrected chi connectivity index (χ2v) is 4.23. The Balaban J connectivity index is 2.23. The molecular formula is C11H13N3S. The van der Waals surface area contributed by atoms with Gasteiger partial charge in [-0.2, -0.15) is 0 Å². The highest BCUT2D eigenvalue weighted by atomic mass is 32.1. The van der Waals surface area contributed by atoms with Crippen LogP contribution in [-0.4, -0.2) is 9.55 Å². The molecule has 0 aliphatic heterocycles. The molecule has 0 fully saturated rings. The summed E-state index contributed by atoms with van der Waals surface area (Å²) in [6.45, 7) is 2.80. The van der Waals surface area contributed by atoms with Crippen molar-refractivity contribution < 1.29 is 0 Å². The second-order valence-electron chi connectivity index (χ2n) is 3.39. The van der Waals surface area contributed by atoms with Crippen LogP contribution in [0.15, 0.2) is 34.9 Å². The van der Waals surface area contributed by atoms with E-state index < -0.39 is 0 Å². The summed E-state index contributed by atoms with van der Waals surface area (Å²) >= 11 is 1.68. The fraction of sp³-hybridized carbons (Fsp3) is 0.273. The predicted molar refractivity (Wildman–Crippen MR) is 61.5 cm³/mol. The molecule has 0 radical (unpaired) electrons. The first kappa shape index (κ1) is 10.1. The number of hydrogen-bond acceptors (Lipinski definition) is 3. The lowest BCUT2D eigenvalue weighted by molar-refractivity contribution is 0.808. The van der Waals surface area contributed by atoms with Crippen LogP contribution in [0.1, 0.15) is 11.3 Å². The average Bonchev–Trinajstić information content (AvgIpc) is 2.59. The van der Waals surface area contributed by atoms with Gasteiger partial charge in [-0.3, -0.25) is 9.98 Å². The van der Waals surface area contributed by atoms with Crippen LogP contribution < -0.4 is 4.80 Å². The maximum Gasteiger partial charge on any atom is 0.184 e. The predicted octanol–water partition coefficient (Wildman–Crippen LogP) is 1.89. The normalized spacial score (nSPS) is 12.0. The van der Waals surface area contributed by atoms with Crippen molar-refractivity contribution in [1.82, 2.24) is 9.55 Å². The van der Waals surface area contributed by atoms with Gasteiger partial charge in [0.25, 0.3) is 0 Å². The lowest BCUT2D eigenvalue weighted by Gasteiger charge is -1.96. The van der Waals surface area contributed by atoms with Crippen LogP contribution in [0.3, 0.4) is 0 Å². The highest BCUT2D eigenvalue weighted by Gasteiger charge is 1.94. The van der Waals surface area contributed by atoms with Gasteiger partial charge in [0, 0.05) is 30.5 Å². The number of rotatable bonds is 2. The SMILES string of the molecule is Cc1csc(=NCc2ccncc2)n1C. The molecule has 0 aromatic carbocycles. The number of thiazole rings is 1. The third-order valence-electron chi connectivity index (χ3n) is 2.30. The molecule has 4 heteroatoms. The lowest BCUT2D eigenvalue weighted by Crippen LogP contribution is -2.11. The number of pyridine rings is 1. The van der Waals surface area contributed by atoms with Crippen molar-refractivity contribution in [1.29, 1.82) is 0 Å². The van der Waals surface area contributed by atoms with E-state index in [1.54, 1.807) is 23.7 Å². The summed E-state index contributed by atoms with van der Waals surface area (Å²) in [7, 11) is 2.04.